The lowest BCUT2D eigenvalue weighted by Crippen LogP contribution is -2.14. The number of esters is 1. The zero-order valence-corrected chi connectivity index (χ0v) is 10.7. The summed E-state index contributed by atoms with van der Waals surface area (Å²) in [6.07, 6.45) is 2.42. The Balaban J connectivity index is 2.33. The fraction of sp³-hybridized carbons (Fsp3) is 0.417. The minimum atomic E-state index is -0.269. The molecule has 0 aliphatic heterocycles. The Kier molecular flexibility index (Phi) is 3.68. The average molecular weight is 250 g/mol. The average Bonchev–Trinajstić information content (AvgIpc) is 2.73. The van der Waals surface area contributed by atoms with E-state index in [1.54, 1.807) is 6.20 Å². The van der Waals surface area contributed by atoms with E-state index in [9.17, 15) is 4.79 Å². The second-order valence-corrected chi connectivity index (χ2v) is 4.60. The van der Waals surface area contributed by atoms with Gasteiger partial charge in [-0.2, -0.15) is 0 Å². The molecule has 0 aliphatic rings. The van der Waals surface area contributed by atoms with Gasteiger partial charge in [-0.3, -0.25) is 4.79 Å². The topological polar surface area (TPSA) is 52.1 Å². The SMILES string of the molecule is CCOC(=O)C(CC)c1nc2cccnc2s1. The highest BCUT2D eigenvalue weighted by atomic mass is 32.1. The molecule has 90 valence electrons. The summed E-state index contributed by atoms with van der Waals surface area (Å²) in [4.78, 5) is 21.3. The number of carbonyl (C=O) groups excluding carboxylic acids is 1. The normalized spacial score (nSPS) is 12.6. The first-order valence-corrected chi connectivity index (χ1v) is 6.46. The van der Waals surface area contributed by atoms with Crippen LogP contribution in [-0.4, -0.2) is 22.5 Å². The zero-order chi connectivity index (χ0) is 12.3. The van der Waals surface area contributed by atoms with E-state index in [1.165, 1.54) is 11.3 Å². The quantitative estimate of drug-likeness (QED) is 0.783. The van der Waals surface area contributed by atoms with Gasteiger partial charge in [0.05, 0.1) is 6.61 Å². The zero-order valence-electron chi connectivity index (χ0n) is 9.84. The van der Waals surface area contributed by atoms with E-state index in [4.69, 9.17) is 4.74 Å². The maximum absolute atomic E-state index is 11.8. The van der Waals surface area contributed by atoms with Crippen molar-refractivity contribution >= 4 is 27.7 Å². The molecule has 0 fully saturated rings. The predicted octanol–water partition coefficient (Wildman–Crippen LogP) is 2.75. The molecule has 0 aliphatic carbocycles. The number of hydrogen-bond acceptors (Lipinski definition) is 5. The van der Waals surface area contributed by atoms with Crippen LogP contribution in [0.15, 0.2) is 18.3 Å². The Labute approximate surface area is 104 Å². The highest BCUT2D eigenvalue weighted by molar-refractivity contribution is 7.18. The van der Waals surface area contributed by atoms with Crippen LogP contribution in [0.1, 0.15) is 31.2 Å². The van der Waals surface area contributed by atoms with Gasteiger partial charge in [-0.25, -0.2) is 9.97 Å². The van der Waals surface area contributed by atoms with E-state index >= 15 is 0 Å². The lowest BCUT2D eigenvalue weighted by molar-refractivity contribution is -0.145. The lowest BCUT2D eigenvalue weighted by atomic mass is 10.1. The van der Waals surface area contributed by atoms with Crippen molar-refractivity contribution in [3.63, 3.8) is 0 Å². The second kappa shape index (κ2) is 5.23. The minimum absolute atomic E-state index is 0.200. The first kappa shape index (κ1) is 12.0. The summed E-state index contributed by atoms with van der Waals surface area (Å²) < 4.78 is 5.05. The third-order valence-electron chi connectivity index (χ3n) is 2.46. The fourth-order valence-corrected chi connectivity index (χ4v) is 2.70. The Hall–Kier alpha value is -1.49. The molecule has 0 bridgehead atoms. The van der Waals surface area contributed by atoms with Gasteiger partial charge in [0.25, 0.3) is 0 Å². The van der Waals surface area contributed by atoms with E-state index in [1.807, 2.05) is 26.0 Å². The van der Waals surface area contributed by atoms with E-state index in [-0.39, 0.29) is 11.9 Å². The Morgan fingerprint density at radius 2 is 2.35 bits per heavy atom. The summed E-state index contributed by atoms with van der Waals surface area (Å²) in [5, 5.41) is 0.791. The summed E-state index contributed by atoms with van der Waals surface area (Å²) in [6, 6.07) is 3.75. The number of pyridine rings is 1. The fourth-order valence-electron chi connectivity index (χ4n) is 1.62. The summed E-state index contributed by atoms with van der Waals surface area (Å²) in [5.74, 6) is -0.469. The molecule has 2 aromatic heterocycles. The number of aromatic nitrogens is 2. The van der Waals surface area contributed by atoms with Crippen molar-refractivity contribution in [3.05, 3.63) is 23.3 Å². The number of rotatable bonds is 4. The van der Waals surface area contributed by atoms with Crippen LogP contribution in [0.5, 0.6) is 0 Å². The van der Waals surface area contributed by atoms with Gasteiger partial charge in [0, 0.05) is 6.20 Å². The van der Waals surface area contributed by atoms with Crippen molar-refractivity contribution in [2.75, 3.05) is 6.61 Å². The molecule has 4 nitrogen and oxygen atoms in total. The van der Waals surface area contributed by atoms with Crippen molar-refractivity contribution in [3.8, 4) is 0 Å². The molecule has 1 unspecified atom stereocenters. The number of hydrogen-bond donors (Lipinski definition) is 0. The van der Waals surface area contributed by atoms with Crippen molar-refractivity contribution in [1.82, 2.24) is 9.97 Å². The third kappa shape index (κ3) is 2.44. The van der Waals surface area contributed by atoms with Crippen LogP contribution in [0, 0.1) is 0 Å². The van der Waals surface area contributed by atoms with Gasteiger partial charge < -0.3 is 4.74 Å². The van der Waals surface area contributed by atoms with Crippen molar-refractivity contribution in [2.45, 2.75) is 26.2 Å². The van der Waals surface area contributed by atoms with Crippen LogP contribution in [0.3, 0.4) is 0 Å². The third-order valence-corrected chi connectivity index (χ3v) is 3.55. The Morgan fingerprint density at radius 1 is 1.53 bits per heavy atom. The van der Waals surface area contributed by atoms with Crippen LogP contribution in [0.4, 0.5) is 0 Å². The van der Waals surface area contributed by atoms with Gasteiger partial charge in [-0.05, 0) is 25.5 Å². The van der Waals surface area contributed by atoms with Crippen LogP contribution in [-0.2, 0) is 9.53 Å². The molecular weight excluding hydrogens is 236 g/mol. The van der Waals surface area contributed by atoms with Crippen LogP contribution < -0.4 is 0 Å². The van der Waals surface area contributed by atoms with Gasteiger partial charge in [-0.15, -0.1) is 0 Å². The van der Waals surface area contributed by atoms with Crippen LogP contribution >= 0.6 is 11.3 Å². The molecule has 0 radical (unpaired) electrons. The van der Waals surface area contributed by atoms with E-state index in [2.05, 4.69) is 9.97 Å². The lowest BCUT2D eigenvalue weighted by Gasteiger charge is -2.09. The molecule has 0 spiro atoms. The van der Waals surface area contributed by atoms with Gasteiger partial charge >= 0.3 is 5.97 Å². The monoisotopic (exact) mass is 250 g/mol. The molecule has 1 atom stereocenters. The molecular formula is C12H14N2O2S. The molecule has 17 heavy (non-hydrogen) atoms. The van der Waals surface area contributed by atoms with Crippen LogP contribution in [0.25, 0.3) is 10.3 Å². The highest BCUT2D eigenvalue weighted by Gasteiger charge is 2.23. The number of carbonyl (C=O) groups is 1. The first-order chi connectivity index (χ1) is 8.26. The molecule has 0 saturated heterocycles. The van der Waals surface area contributed by atoms with Gasteiger partial charge in [0.2, 0.25) is 0 Å². The summed E-state index contributed by atoms with van der Waals surface area (Å²) in [5.41, 5.74) is 0.843. The van der Waals surface area contributed by atoms with Gasteiger partial charge in [0.1, 0.15) is 21.3 Å². The molecule has 2 aromatic rings. The van der Waals surface area contributed by atoms with Crippen molar-refractivity contribution < 1.29 is 9.53 Å². The number of fused-ring (bicyclic) bond motifs is 1. The maximum atomic E-state index is 11.8. The Morgan fingerprint density at radius 3 is 3.00 bits per heavy atom. The maximum Gasteiger partial charge on any atom is 0.315 e. The Bertz CT molecular complexity index is 491. The molecule has 0 N–H and O–H groups in total. The van der Waals surface area contributed by atoms with E-state index in [0.717, 1.165) is 15.4 Å². The molecule has 0 amide bonds. The standard InChI is InChI=1S/C12H14N2O2S/c1-3-8(12(15)16-4-2)10-14-9-6-5-7-13-11(9)17-10/h5-8H,3-4H2,1-2H3. The number of nitrogens with zero attached hydrogens (tertiary/aromatic N) is 2. The molecule has 5 heteroatoms. The summed E-state index contributed by atoms with van der Waals surface area (Å²) >= 11 is 1.46. The predicted molar refractivity (Wildman–Crippen MR) is 67.1 cm³/mol. The van der Waals surface area contributed by atoms with Crippen molar-refractivity contribution in [1.29, 1.82) is 0 Å². The largest absolute Gasteiger partial charge is 0.465 e. The molecule has 0 aromatic carbocycles. The van der Waals surface area contributed by atoms with Crippen molar-refractivity contribution in [2.24, 2.45) is 0 Å². The number of thiazole rings is 1. The summed E-state index contributed by atoms with van der Waals surface area (Å²) in [7, 11) is 0. The highest BCUT2D eigenvalue weighted by Crippen LogP contribution is 2.28. The second-order valence-electron chi connectivity index (χ2n) is 3.59. The minimum Gasteiger partial charge on any atom is -0.465 e. The summed E-state index contributed by atoms with van der Waals surface area (Å²) in [6.45, 7) is 4.17. The van der Waals surface area contributed by atoms with E-state index < -0.39 is 0 Å². The van der Waals surface area contributed by atoms with Crippen LogP contribution in [0.2, 0.25) is 0 Å². The van der Waals surface area contributed by atoms with Gasteiger partial charge in [-0.1, -0.05) is 18.3 Å². The number of ether oxygens (including phenoxy) is 1. The molecule has 2 rings (SSSR count). The molecule has 2 heterocycles. The van der Waals surface area contributed by atoms with Gasteiger partial charge in [0.15, 0.2) is 0 Å². The first-order valence-electron chi connectivity index (χ1n) is 5.64. The molecule has 0 saturated carbocycles. The van der Waals surface area contributed by atoms with E-state index in [0.29, 0.717) is 13.0 Å². The smallest absolute Gasteiger partial charge is 0.315 e.